The number of rotatable bonds is 4. The van der Waals surface area contributed by atoms with Crippen molar-refractivity contribution in [1.29, 1.82) is 0 Å². The first-order valence-corrected chi connectivity index (χ1v) is 7.35. The fourth-order valence-corrected chi connectivity index (χ4v) is 2.29. The van der Waals surface area contributed by atoms with Crippen LogP contribution in [0.5, 0.6) is 0 Å². The minimum atomic E-state index is -1.08. The van der Waals surface area contributed by atoms with E-state index in [9.17, 15) is 14.0 Å². The second kappa shape index (κ2) is 7.44. The number of hydrogen-bond acceptors (Lipinski definition) is 3. The van der Waals surface area contributed by atoms with E-state index in [1.807, 2.05) is 0 Å². The molecule has 0 aromatic heterocycles. The van der Waals surface area contributed by atoms with Crippen LogP contribution in [0.1, 0.15) is 17.3 Å². The Kier molecular flexibility index (Phi) is 5.58. The topological polar surface area (TPSA) is 55.4 Å². The number of amides is 1. The van der Waals surface area contributed by atoms with E-state index in [1.165, 1.54) is 43.3 Å². The van der Waals surface area contributed by atoms with Gasteiger partial charge in [-0.05, 0) is 43.3 Å². The van der Waals surface area contributed by atoms with Crippen LogP contribution in [0.15, 0.2) is 42.5 Å². The highest BCUT2D eigenvalue weighted by atomic mass is 35.5. The summed E-state index contributed by atoms with van der Waals surface area (Å²) in [5.74, 6) is -1.79. The summed E-state index contributed by atoms with van der Waals surface area (Å²) < 4.78 is 17.9. The minimum Gasteiger partial charge on any atom is -0.449 e. The number of ether oxygens (including phenoxy) is 1. The van der Waals surface area contributed by atoms with Crippen molar-refractivity contribution in [3.05, 3.63) is 63.9 Å². The van der Waals surface area contributed by atoms with Gasteiger partial charge in [-0.2, -0.15) is 0 Å². The van der Waals surface area contributed by atoms with Crippen LogP contribution in [0.2, 0.25) is 10.0 Å². The maximum Gasteiger partial charge on any atom is 0.341 e. The van der Waals surface area contributed by atoms with Crippen LogP contribution in [-0.4, -0.2) is 18.0 Å². The molecule has 0 spiro atoms. The van der Waals surface area contributed by atoms with Crippen molar-refractivity contribution >= 4 is 40.8 Å². The molecule has 1 amide bonds. The molecule has 0 aliphatic heterocycles. The standard InChI is InChI=1S/C16H12Cl2FNO3/c1-9(15(21)20-11-7-5-10(19)6-8-11)23-16(22)14-12(17)3-2-4-13(14)18/h2-9H,1H3,(H,20,21). The van der Waals surface area contributed by atoms with Crippen molar-refractivity contribution in [1.82, 2.24) is 0 Å². The van der Waals surface area contributed by atoms with Crippen LogP contribution in [0, 0.1) is 5.82 Å². The highest BCUT2D eigenvalue weighted by Crippen LogP contribution is 2.25. The number of carbonyl (C=O) groups excluding carboxylic acids is 2. The summed E-state index contributed by atoms with van der Waals surface area (Å²) >= 11 is 11.8. The number of carbonyl (C=O) groups is 2. The van der Waals surface area contributed by atoms with Gasteiger partial charge in [0.25, 0.3) is 5.91 Å². The summed E-state index contributed by atoms with van der Waals surface area (Å²) in [5.41, 5.74) is 0.382. The van der Waals surface area contributed by atoms with Gasteiger partial charge in [-0.25, -0.2) is 9.18 Å². The van der Waals surface area contributed by atoms with Crippen molar-refractivity contribution in [2.45, 2.75) is 13.0 Å². The fourth-order valence-electron chi connectivity index (χ4n) is 1.74. The predicted octanol–water partition coefficient (Wildman–Crippen LogP) is 4.32. The van der Waals surface area contributed by atoms with E-state index < -0.39 is 23.8 Å². The largest absolute Gasteiger partial charge is 0.449 e. The summed E-state index contributed by atoms with van der Waals surface area (Å²) in [5, 5.41) is 2.77. The van der Waals surface area contributed by atoms with Gasteiger partial charge in [0.2, 0.25) is 0 Å². The Labute approximate surface area is 142 Å². The second-order valence-corrected chi connectivity index (χ2v) is 5.45. The highest BCUT2D eigenvalue weighted by Gasteiger charge is 2.22. The molecular weight excluding hydrogens is 344 g/mol. The zero-order valence-electron chi connectivity index (χ0n) is 12.0. The lowest BCUT2D eigenvalue weighted by Crippen LogP contribution is -2.30. The van der Waals surface area contributed by atoms with E-state index in [4.69, 9.17) is 27.9 Å². The molecule has 7 heteroatoms. The maximum atomic E-state index is 12.8. The second-order valence-electron chi connectivity index (χ2n) is 4.64. The van der Waals surface area contributed by atoms with Crippen molar-refractivity contribution in [2.75, 3.05) is 5.32 Å². The normalized spacial score (nSPS) is 11.7. The Balaban J connectivity index is 2.03. The predicted molar refractivity (Wildman–Crippen MR) is 86.4 cm³/mol. The summed E-state index contributed by atoms with van der Waals surface area (Å²) in [6.07, 6.45) is -1.08. The van der Waals surface area contributed by atoms with Crippen molar-refractivity contribution < 1.29 is 18.7 Å². The summed E-state index contributed by atoms with van der Waals surface area (Å²) in [4.78, 5) is 24.1. The van der Waals surface area contributed by atoms with Gasteiger partial charge in [0.15, 0.2) is 6.10 Å². The smallest absolute Gasteiger partial charge is 0.341 e. The number of hydrogen-bond donors (Lipinski definition) is 1. The van der Waals surface area contributed by atoms with E-state index in [2.05, 4.69) is 5.32 Å². The summed E-state index contributed by atoms with van der Waals surface area (Å²) in [6, 6.07) is 9.78. The first-order chi connectivity index (χ1) is 10.9. The Bertz CT molecular complexity index is 714. The molecule has 2 aromatic rings. The first-order valence-electron chi connectivity index (χ1n) is 6.60. The molecule has 0 fully saturated rings. The zero-order chi connectivity index (χ0) is 17.0. The molecule has 4 nitrogen and oxygen atoms in total. The monoisotopic (exact) mass is 355 g/mol. The van der Waals surface area contributed by atoms with Crippen LogP contribution in [-0.2, 0) is 9.53 Å². The number of esters is 1. The molecule has 1 atom stereocenters. The Morgan fingerprint density at radius 1 is 1.09 bits per heavy atom. The molecular formula is C16H12Cl2FNO3. The molecule has 1 N–H and O–H groups in total. The van der Waals surface area contributed by atoms with E-state index in [1.54, 1.807) is 6.07 Å². The number of nitrogens with one attached hydrogen (secondary N) is 1. The van der Waals surface area contributed by atoms with Gasteiger partial charge < -0.3 is 10.1 Å². The Morgan fingerprint density at radius 2 is 1.65 bits per heavy atom. The van der Waals surface area contributed by atoms with Crippen LogP contribution < -0.4 is 5.32 Å². The highest BCUT2D eigenvalue weighted by molar-refractivity contribution is 6.39. The Hall–Kier alpha value is -2.11. The molecule has 23 heavy (non-hydrogen) atoms. The van der Waals surface area contributed by atoms with Crippen LogP contribution >= 0.6 is 23.2 Å². The first kappa shape index (κ1) is 17.2. The third-order valence-corrected chi connectivity index (χ3v) is 3.56. The molecule has 0 aliphatic carbocycles. The third kappa shape index (κ3) is 4.43. The molecule has 0 saturated heterocycles. The van der Waals surface area contributed by atoms with E-state index >= 15 is 0 Å². The quantitative estimate of drug-likeness (QED) is 0.831. The van der Waals surface area contributed by atoms with E-state index in [0.717, 1.165) is 0 Å². The zero-order valence-corrected chi connectivity index (χ0v) is 13.5. The van der Waals surface area contributed by atoms with E-state index in [-0.39, 0.29) is 15.6 Å². The molecule has 2 aromatic carbocycles. The molecule has 0 heterocycles. The van der Waals surface area contributed by atoms with Crippen molar-refractivity contribution in [3.8, 4) is 0 Å². The number of halogens is 3. The van der Waals surface area contributed by atoms with Gasteiger partial charge in [-0.1, -0.05) is 29.3 Å². The van der Waals surface area contributed by atoms with Gasteiger partial charge in [-0.15, -0.1) is 0 Å². The lowest BCUT2D eigenvalue weighted by molar-refractivity contribution is -0.123. The minimum absolute atomic E-state index is 0.00253. The van der Waals surface area contributed by atoms with Gasteiger partial charge in [0.05, 0.1) is 15.6 Å². The average molecular weight is 356 g/mol. The van der Waals surface area contributed by atoms with Gasteiger partial charge in [0, 0.05) is 5.69 Å². The molecule has 1 unspecified atom stereocenters. The molecule has 0 aliphatic rings. The van der Waals surface area contributed by atoms with E-state index in [0.29, 0.717) is 5.69 Å². The van der Waals surface area contributed by atoms with Crippen LogP contribution in [0.3, 0.4) is 0 Å². The lowest BCUT2D eigenvalue weighted by atomic mass is 10.2. The number of benzene rings is 2. The SMILES string of the molecule is CC(OC(=O)c1c(Cl)cccc1Cl)C(=O)Nc1ccc(F)cc1. The average Bonchev–Trinajstić information content (AvgIpc) is 2.49. The molecule has 2 rings (SSSR count). The molecule has 120 valence electrons. The van der Waals surface area contributed by atoms with Crippen LogP contribution in [0.25, 0.3) is 0 Å². The summed E-state index contributed by atoms with van der Waals surface area (Å²) in [6.45, 7) is 1.40. The van der Waals surface area contributed by atoms with Gasteiger partial charge in [0.1, 0.15) is 5.82 Å². The molecule has 0 bridgehead atoms. The number of anilines is 1. The third-order valence-electron chi connectivity index (χ3n) is 2.93. The molecule has 0 saturated carbocycles. The van der Waals surface area contributed by atoms with Crippen LogP contribution in [0.4, 0.5) is 10.1 Å². The maximum absolute atomic E-state index is 12.8. The lowest BCUT2D eigenvalue weighted by Gasteiger charge is -2.14. The molecule has 0 radical (unpaired) electrons. The van der Waals surface area contributed by atoms with Gasteiger partial charge in [-0.3, -0.25) is 4.79 Å². The Morgan fingerprint density at radius 3 is 2.22 bits per heavy atom. The van der Waals surface area contributed by atoms with Gasteiger partial charge >= 0.3 is 5.97 Å². The van der Waals surface area contributed by atoms with Crippen molar-refractivity contribution in [3.63, 3.8) is 0 Å². The summed E-state index contributed by atoms with van der Waals surface area (Å²) in [7, 11) is 0. The fraction of sp³-hybridized carbons (Fsp3) is 0.125. The van der Waals surface area contributed by atoms with Crippen molar-refractivity contribution in [2.24, 2.45) is 0 Å².